The van der Waals surface area contributed by atoms with Crippen molar-refractivity contribution in [2.75, 3.05) is 6.61 Å². The Balaban J connectivity index is 3.01. The van der Waals surface area contributed by atoms with Gasteiger partial charge < -0.3 is 0 Å². The Hall–Kier alpha value is -0.570. The van der Waals surface area contributed by atoms with Gasteiger partial charge in [-0.25, -0.2) is 5.48 Å². The molecule has 0 bridgehead atoms. The zero-order chi connectivity index (χ0) is 11.4. The molecule has 15 heavy (non-hydrogen) atoms. The maximum Gasteiger partial charge on any atom is 0.243 e. The Labute approximate surface area is 93.5 Å². The summed E-state index contributed by atoms with van der Waals surface area (Å²) in [5.41, 5.74) is 2.45. The van der Waals surface area contributed by atoms with E-state index in [2.05, 4.69) is 12.4 Å². The number of nitrogens with one attached hydrogen (secondary N) is 1. The molecule has 0 aliphatic heterocycles. The molecule has 3 nitrogen and oxygen atoms in total. The lowest BCUT2D eigenvalue weighted by Crippen LogP contribution is -2.23. The van der Waals surface area contributed by atoms with E-state index in [1.165, 1.54) is 32.1 Å². The minimum Gasteiger partial charge on any atom is -0.274 e. The topological polar surface area (TPSA) is 38.3 Å². The van der Waals surface area contributed by atoms with E-state index in [9.17, 15) is 4.79 Å². The number of amides is 1. The smallest absolute Gasteiger partial charge is 0.243 e. The highest BCUT2D eigenvalue weighted by Gasteiger charge is 1.97. The summed E-state index contributed by atoms with van der Waals surface area (Å²) < 4.78 is 0. The Morgan fingerprint density at radius 1 is 1.00 bits per heavy atom. The van der Waals surface area contributed by atoms with Crippen molar-refractivity contribution >= 4 is 5.91 Å². The van der Waals surface area contributed by atoms with Crippen LogP contribution in [0.1, 0.15) is 65.2 Å². The van der Waals surface area contributed by atoms with E-state index in [4.69, 9.17) is 4.84 Å². The lowest BCUT2D eigenvalue weighted by molar-refractivity contribution is -0.133. The monoisotopic (exact) mass is 215 g/mol. The van der Waals surface area contributed by atoms with Crippen molar-refractivity contribution in [1.29, 1.82) is 0 Å². The van der Waals surface area contributed by atoms with Crippen LogP contribution < -0.4 is 5.48 Å². The van der Waals surface area contributed by atoms with E-state index >= 15 is 0 Å². The van der Waals surface area contributed by atoms with E-state index in [1.807, 2.05) is 6.92 Å². The second kappa shape index (κ2) is 11.5. The molecule has 1 amide bonds. The fourth-order valence-electron chi connectivity index (χ4n) is 1.36. The third kappa shape index (κ3) is 11.4. The molecule has 0 aromatic heterocycles. The molecule has 1 N–H and O–H groups in total. The summed E-state index contributed by atoms with van der Waals surface area (Å²) >= 11 is 0. The Bertz CT molecular complexity index is 149. The number of unbranched alkanes of at least 4 members (excludes halogenated alkanes) is 5. The van der Waals surface area contributed by atoms with Gasteiger partial charge in [0.15, 0.2) is 0 Å². The molecule has 90 valence electrons. The van der Waals surface area contributed by atoms with Crippen LogP contribution in [0.15, 0.2) is 0 Å². The van der Waals surface area contributed by atoms with Gasteiger partial charge in [-0.2, -0.15) is 0 Å². The van der Waals surface area contributed by atoms with Crippen LogP contribution in [-0.4, -0.2) is 12.5 Å². The quantitative estimate of drug-likeness (QED) is 0.449. The van der Waals surface area contributed by atoms with Gasteiger partial charge in [-0.15, -0.1) is 0 Å². The third-order valence-corrected chi connectivity index (χ3v) is 2.26. The zero-order valence-corrected chi connectivity index (χ0v) is 10.2. The fourth-order valence-corrected chi connectivity index (χ4v) is 1.36. The SMILES string of the molecule is CCCCCCCCONC(=O)CCC. The van der Waals surface area contributed by atoms with Gasteiger partial charge in [-0.1, -0.05) is 46.0 Å². The molecule has 0 atom stereocenters. The van der Waals surface area contributed by atoms with Gasteiger partial charge in [-0.3, -0.25) is 9.63 Å². The molecular weight excluding hydrogens is 190 g/mol. The number of rotatable bonds is 10. The molecule has 0 heterocycles. The van der Waals surface area contributed by atoms with Crippen molar-refractivity contribution in [1.82, 2.24) is 5.48 Å². The van der Waals surface area contributed by atoms with Crippen molar-refractivity contribution < 1.29 is 9.63 Å². The number of carbonyl (C=O) groups excluding carboxylic acids is 1. The van der Waals surface area contributed by atoms with Crippen LogP contribution in [0.5, 0.6) is 0 Å². The van der Waals surface area contributed by atoms with Gasteiger partial charge >= 0.3 is 0 Å². The summed E-state index contributed by atoms with van der Waals surface area (Å²) in [6.45, 7) is 4.83. The van der Waals surface area contributed by atoms with Crippen LogP contribution in [0, 0.1) is 0 Å². The first-order valence-corrected chi connectivity index (χ1v) is 6.21. The molecule has 0 unspecified atom stereocenters. The lowest BCUT2D eigenvalue weighted by atomic mass is 10.1. The minimum absolute atomic E-state index is 0.0107. The number of carbonyl (C=O) groups is 1. The Morgan fingerprint density at radius 3 is 2.33 bits per heavy atom. The summed E-state index contributed by atoms with van der Waals surface area (Å²) in [6.07, 6.45) is 8.86. The van der Waals surface area contributed by atoms with E-state index in [-0.39, 0.29) is 5.91 Å². The highest BCUT2D eigenvalue weighted by Crippen LogP contribution is 2.04. The maximum absolute atomic E-state index is 11.0. The average Bonchev–Trinajstić information content (AvgIpc) is 2.22. The standard InChI is InChI=1S/C12H25NO2/c1-3-5-6-7-8-9-11-15-13-12(14)10-4-2/h3-11H2,1-2H3,(H,13,14). The molecule has 3 heteroatoms. The summed E-state index contributed by atoms with van der Waals surface area (Å²) in [7, 11) is 0. The molecule has 0 fully saturated rings. The van der Waals surface area contributed by atoms with Crippen LogP contribution in [0.25, 0.3) is 0 Å². The van der Waals surface area contributed by atoms with Gasteiger partial charge in [0, 0.05) is 6.42 Å². The predicted molar refractivity (Wildman–Crippen MR) is 62.4 cm³/mol. The lowest BCUT2D eigenvalue weighted by Gasteiger charge is -2.04. The number of hydrogen-bond donors (Lipinski definition) is 1. The van der Waals surface area contributed by atoms with E-state index in [0.717, 1.165) is 12.8 Å². The second-order valence-corrected chi connectivity index (χ2v) is 3.89. The van der Waals surface area contributed by atoms with Crippen molar-refractivity contribution in [3.63, 3.8) is 0 Å². The largest absolute Gasteiger partial charge is 0.274 e. The van der Waals surface area contributed by atoms with Gasteiger partial charge in [0.25, 0.3) is 0 Å². The van der Waals surface area contributed by atoms with Gasteiger partial charge in [0.05, 0.1) is 6.61 Å². The first-order valence-electron chi connectivity index (χ1n) is 6.21. The van der Waals surface area contributed by atoms with E-state index in [0.29, 0.717) is 13.0 Å². The van der Waals surface area contributed by atoms with Crippen LogP contribution in [0.2, 0.25) is 0 Å². The van der Waals surface area contributed by atoms with Crippen LogP contribution in [0.3, 0.4) is 0 Å². The van der Waals surface area contributed by atoms with Crippen LogP contribution in [-0.2, 0) is 9.63 Å². The summed E-state index contributed by atoms with van der Waals surface area (Å²) in [5, 5.41) is 0. The van der Waals surface area contributed by atoms with E-state index in [1.54, 1.807) is 0 Å². The summed E-state index contributed by atoms with van der Waals surface area (Å²) in [6, 6.07) is 0. The van der Waals surface area contributed by atoms with Crippen molar-refractivity contribution in [3.05, 3.63) is 0 Å². The second-order valence-electron chi connectivity index (χ2n) is 3.89. The average molecular weight is 215 g/mol. The highest BCUT2D eigenvalue weighted by molar-refractivity contribution is 5.74. The molecule has 0 saturated heterocycles. The van der Waals surface area contributed by atoms with E-state index < -0.39 is 0 Å². The maximum atomic E-state index is 11.0. The van der Waals surface area contributed by atoms with Crippen molar-refractivity contribution in [2.24, 2.45) is 0 Å². The van der Waals surface area contributed by atoms with Crippen LogP contribution >= 0.6 is 0 Å². The molecule has 0 aromatic carbocycles. The molecule has 0 aliphatic rings. The molecule has 0 saturated carbocycles. The van der Waals surface area contributed by atoms with Crippen molar-refractivity contribution in [2.45, 2.75) is 65.2 Å². The van der Waals surface area contributed by atoms with Gasteiger partial charge in [-0.05, 0) is 12.8 Å². The predicted octanol–water partition coefficient (Wildman–Crippen LogP) is 3.19. The molecule has 0 aromatic rings. The van der Waals surface area contributed by atoms with Crippen LogP contribution in [0.4, 0.5) is 0 Å². The van der Waals surface area contributed by atoms with Gasteiger partial charge in [0.1, 0.15) is 0 Å². The minimum atomic E-state index is -0.0107. The normalized spacial score (nSPS) is 10.3. The zero-order valence-electron chi connectivity index (χ0n) is 10.2. The van der Waals surface area contributed by atoms with Gasteiger partial charge in [0.2, 0.25) is 5.91 Å². The van der Waals surface area contributed by atoms with Crippen molar-refractivity contribution in [3.8, 4) is 0 Å². The first kappa shape index (κ1) is 14.4. The summed E-state index contributed by atoms with van der Waals surface area (Å²) in [4.78, 5) is 16.0. The molecule has 0 radical (unpaired) electrons. The highest BCUT2D eigenvalue weighted by atomic mass is 16.6. The molecular formula is C12H25NO2. The Kier molecular flexibility index (Phi) is 11.1. The summed E-state index contributed by atoms with van der Waals surface area (Å²) in [5.74, 6) is -0.0107. The number of hydroxylamine groups is 1. The first-order chi connectivity index (χ1) is 7.31. The molecule has 0 aliphatic carbocycles. The molecule has 0 spiro atoms. The fraction of sp³-hybridized carbons (Fsp3) is 0.917. The Morgan fingerprint density at radius 2 is 1.67 bits per heavy atom. The third-order valence-electron chi connectivity index (χ3n) is 2.26. The number of hydrogen-bond acceptors (Lipinski definition) is 2. The molecule has 0 rings (SSSR count).